The molecule has 180 valence electrons. The van der Waals surface area contributed by atoms with Crippen molar-refractivity contribution < 1.29 is 37.0 Å². The van der Waals surface area contributed by atoms with Gasteiger partial charge in [-0.05, 0) is 30.7 Å². The number of nitrogens with zero attached hydrogens (tertiary/aromatic N) is 2. The monoisotopic (exact) mass is 489 g/mol. The van der Waals surface area contributed by atoms with Gasteiger partial charge in [-0.2, -0.15) is 0 Å². The summed E-state index contributed by atoms with van der Waals surface area (Å²) < 4.78 is 39.8. The van der Waals surface area contributed by atoms with Crippen LogP contribution in [0, 0.1) is 0 Å². The molecule has 2 aliphatic heterocycles. The number of hydrogen-bond acceptors (Lipinski definition) is 8. The van der Waals surface area contributed by atoms with Crippen LogP contribution in [0.25, 0.3) is 0 Å². The zero-order valence-electron chi connectivity index (χ0n) is 18.4. The Labute approximate surface area is 196 Å². The Balaban J connectivity index is 1.32. The number of carbonyl (C=O) groups excluding carboxylic acids is 3. The first kappa shape index (κ1) is 23.5. The number of ether oxygens (including phenoxy) is 3. The Morgan fingerprint density at radius 1 is 1.00 bits per heavy atom. The van der Waals surface area contributed by atoms with Gasteiger partial charge in [-0.15, -0.1) is 0 Å². The van der Waals surface area contributed by atoms with Crippen LogP contribution in [0.15, 0.2) is 47.4 Å². The predicted molar refractivity (Wildman–Crippen MR) is 119 cm³/mol. The highest BCUT2D eigenvalue weighted by molar-refractivity contribution is 7.90. The molecule has 0 aliphatic carbocycles. The van der Waals surface area contributed by atoms with Gasteiger partial charge in [0.1, 0.15) is 13.2 Å². The molecule has 2 aromatic rings. The van der Waals surface area contributed by atoms with Crippen molar-refractivity contribution in [1.29, 1.82) is 0 Å². The molecule has 34 heavy (non-hydrogen) atoms. The quantitative estimate of drug-likeness (QED) is 0.611. The second-order valence-corrected chi connectivity index (χ2v) is 9.66. The van der Waals surface area contributed by atoms with Crippen LogP contribution in [-0.2, 0) is 24.2 Å². The highest BCUT2D eigenvalue weighted by Crippen LogP contribution is 2.34. The molecule has 12 heteroatoms. The number of rotatable bonds is 7. The molecule has 2 aliphatic rings. The van der Waals surface area contributed by atoms with Gasteiger partial charge in [0.15, 0.2) is 21.3 Å². The minimum atomic E-state index is -3.63. The SMILES string of the molecule is CS(=O)(=O)c1ccccc1C(=O)N1CCCN1C(=O)COCC(=O)Nc1ccc2c(c1)OCO2. The lowest BCUT2D eigenvalue weighted by Gasteiger charge is -2.28. The number of sulfone groups is 1. The molecule has 0 bridgehead atoms. The van der Waals surface area contributed by atoms with E-state index in [0.29, 0.717) is 23.6 Å². The fourth-order valence-electron chi connectivity index (χ4n) is 3.66. The van der Waals surface area contributed by atoms with E-state index in [0.717, 1.165) is 6.26 Å². The third kappa shape index (κ3) is 5.13. The summed E-state index contributed by atoms with van der Waals surface area (Å²) >= 11 is 0. The van der Waals surface area contributed by atoms with Crippen LogP contribution in [0.2, 0.25) is 0 Å². The van der Waals surface area contributed by atoms with Gasteiger partial charge in [-0.1, -0.05) is 12.1 Å². The summed E-state index contributed by atoms with van der Waals surface area (Å²) in [4.78, 5) is 37.8. The van der Waals surface area contributed by atoms with Gasteiger partial charge in [0, 0.05) is 31.1 Å². The highest BCUT2D eigenvalue weighted by atomic mass is 32.2. The zero-order valence-corrected chi connectivity index (χ0v) is 19.2. The number of hydrazine groups is 1. The molecule has 11 nitrogen and oxygen atoms in total. The lowest BCUT2D eigenvalue weighted by atomic mass is 10.2. The van der Waals surface area contributed by atoms with Crippen molar-refractivity contribution in [2.24, 2.45) is 0 Å². The zero-order chi connectivity index (χ0) is 24.3. The fourth-order valence-corrected chi connectivity index (χ4v) is 4.55. The third-order valence-corrected chi connectivity index (χ3v) is 6.34. The number of amides is 3. The standard InChI is InChI=1S/C22H23N3O8S/c1-34(29,30)19-6-3-2-5-16(19)22(28)25-10-4-9-24(25)21(27)13-31-12-20(26)23-15-7-8-17-18(11-15)33-14-32-17/h2-3,5-8,11H,4,9-10,12-14H2,1H3,(H,23,26). The van der Waals surface area contributed by atoms with Crippen molar-refractivity contribution in [3.63, 3.8) is 0 Å². The molecule has 0 aromatic heterocycles. The number of fused-ring (bicyclic) bond motifs is 1. The molecule has 0 saturated carbocycles. The predicted octanol–water partition coefficient (Wildman–Crippen LogP) is 1.06. The first-order valence-electron chi connectivity index (χ1n) is 10.4. The van der Waals surface area contributed by atoms with Crippen LogP contribution in [0.4, 0.5) is 5.69 Å². The lowest BCUT2D eigenvalue weighted by Crippen LogP contribution is -2.46. The van der Waals surface area contributed by atoms with E-state index in [1.165, 1.54) is 28.2 Å². The lowest BCUT2D eigenvalue weighted by molar-refractivity contribution is -0.146. The number of nitrogens with one attached hydrogen (secondary N) is 1. The van der Waals surface area contributed by atoms with Crippen molar-refractivity contribution in [1.82, 2.24) is 10.0 Å². The van der Waals surface area contributed by atoms with Crippen LogP contribution in [-0.4, -0.2) is 75.5 Å². The van der Waals surface area contributed by atoms with Gasteiger partial charge < -0.3 is 19.5 Å². The van der Waals surface area contributed by atoms with E-state index in [4.69, 9.17) is 14.2 Å². The summed E-state index contributed by atoms with van der Waals surface area (Å²) in [5.41, 5.74) is 0.485. The molecular weight excluding hydrogens is 466 g/mol. The summed E-state index contributed by atoms with van der Waals surface area (Å²) in [6, 6.07) is 10.8. The molecular formula is C22H23N3O8S. The number of carbonyl (C=O) groups is 3. The molecule has 4 rings (SSSR count). The van der Waals surface area contributed by atoms with Gasteiger partial charge in [-0.3, -0.25) is 14.4 Å². The number of benzene rings is 2. The molecule has 1 fully saturated rings. The van der Waals surface area contributed by atoms with E-state index in [9.17, 15) is 22.8 Å². The molecule has 3 amide bonds. The van der Waals surface area contributed by atoms with E-state index in [2.05, 4.69) is 5.32 Å². The first-order chi connectivity index (χ1) is 16.2. The van der Waals surface area contributed by atoms with Gasteiger partial charge in [0.25, 0.3) is 11.8 Å². The minimum Gasteiger partial charge on any atom is -0.454 e. The van der Waals surface area contributed by atoms with Crippen molar-refractivity contribution in [3.05, 3.63) is 48.0 Å². The number of hydrogen-bond donors (Lipinski definition) is 1. The Kier molecular flexibility index (Phi) is 6.70. The van der Waals surface area contributed by atoms with Gasteiger partial charge in [0.2, 0.25) is 12.7 Å². The second kappa shape index (κ2) is 9.69. The summed E-state index contributed by atoms with van der Waals surface area (Å²) in [5, 5.41) is 5.07. The Bertz CT molecular complexity index is 1230. The third-order valence-electron chi connectivity index (χ3n) is 5.19. The van der Waals surface area contributed by atoms with Crippen LogP contribution in [0.3, 0.4) is 0 Å². The molecule has 0 spiro atoms. The highest BCUT2D eigenvalue weighted by Gasteiger charge is 2.33. The Morgan fingerprint density at radius 2 is 1.74 bits per heavy atom. The normalized spacial score (nSPS) is 14.9. The van der Waals surface area contributed by atoms with E-state index in [-0.39, 0.29) is 36.9 Å². The Hall–Kier alpha value is -3.64. The maximum Gasteiger partial charge on any atom is 0.273 e. The van der Waals surface area contributed by atoms with Gasteiger partial charge in [0.05, 0.1) is 10.5 Å². The van der Waals surface area contributed by atoms with Crippen LogP contribution in [0.5, 0.6) is 11.5 Å². The smallest absolute Gasteiger partial charge is 0.273 e. The van der Waals surface area contributed by atoms with Crippen LogP contribution >= 0.6 is 0 Å². The summed E-state index contributed by atoms with van der Waals surface area (Å²) in [5.74, 6) is -0.469. The molecule has 2 aromatic carbocycles. The molecule has 2 heterocycles. The van der Waals surface area contributed by atoms with Gasteiger partial charge >= 0.3 is 0 Å². The average Bonchev–Trinajstić information content (AvgIpc) is 3.47. The minimum absolute atomic E-state index is 0.00581. The van der Waals surface area contributed by atoms with E-state index in [1.807, 2.05) is 0 Å². The van der Waals surface area contributed by atoms with Gasteiger partial charge in [-0.25, -0.2) is 18.4 Å². The van der Waals surface area contributed by atoms with E-state index < -0.39 is 34.2 Å². The van der Waals surface area contributed by atoms with Crippen molar-refractivity contribution in [2.75, 3.05) is 44.7 Å². The van der Waals surface area contributed by atoms with Crippen LogP contribution in [0.1, 0.15) is 16.8 Å². The van der Waals surface area contributed by atoms with Crippen molar-refractivity contribution >= 4 is 33.2 Å². The Morgan fingerprint density at radius 3 is 2.53 bits per heavy atom. The first-order valence-corrected chi connectivity index (χ1v) is 12.3. The summed E-state index contributed by atoms with van der Waals surface area (Å²) in [6.45, 7) is -0.148. The largest absolute Gasteiger partial charge is 0.454 e. The molecule has 1 saturated heterocycles. The molecule has 0 unspecified atom stereocenters. The molecule has 0 radical (unpaired) electrons. The second-order valence-electron chi connectivity index (χ2n) is 7.68. The maximum absolute atomic E-state index is 13.0. The summed E-state index contributed by atoms with van der Waals surface area (Å²) in [7, 11) is -3.63. The maximum atomic E-state index is 13.0. The average molecular weight is 490 g/mol. The topological polar surface area (TPSA) is 132 Å². The van der Waals surface area contributed by atoms with E-state index >= 15 is 0 Å². The summed E-state index contributed by atoms with van der Waals surface area (Å²) in [6.07, 6.45) is 1.55. The van der Waals surface area contributed by atoms with Crippen LogP contribution < -0.4 is 14.8 Å². The van der Waals surface area contributed by atoms with Crippen molar-refractivity contribution in [2.45, 2.75) is 11.3 Å². The van der Waals surface area contributed by atoms with Crippen molar-refractivity contribution in [3.8, 4) is 11.5 Å². The number of anilines is 1. The molecule has 1 N–H and O–H groups in total. The molecule has 0 atom stereocenters. The van der Waals surface area contributed by atoms with E-state index in [1.54, 1.807) is 24.3 Å². The fraction of sp³-hybridized carbons (Fsp3) is 0.318.